The molecule has 3 heteroatoms. The summed E-state index contributed by atoms with van der Waals surface area (Å²) in [5.41, 5.74) is 0. The van der Waals surface area contributed by atoms with Gasteiger partial charge in [0.05, 0.1) is 13.2 Å². The second kappa shape index (κ2) is 5.14. The van der Waals surface area contributed by atoms with Gasteiger partial charge in [0.25, 0.3) is 0 Å². The van der Waals surface area contributed by atoms with Crippen LogP contribution in [-0.2, 0) is 4.18 Å². The Bertz CT molecular complexity index is 244. The third kappa shape index (κ3) is 3.70. The largest absolute Gasteiger partial charge is 0.491 e. The molecule has 72 valence electrons. The standard InChI is InChI=1S/C10H14O2S/c1-8(2)12-9-4-6-10(7-5-9)13-11-3/h4-8H,1-3H3. The van der Waals surface area contributed by atoms with Crippen LogP contribution in [0.4, 0.5) is 0 Å². The van der Waals surface area contributed by atoms with Gasteiger partial charge in [-0.3, -0.25) is 0 Å². The van der Waals surface area contributed by atoms with E-state index in [0.717, 1.165) is 10.6 Å². The van der Waals surface area contributed by atoms with Crippen molar-refractivity contribution in [3.63, 3.8) is 0 Å². The maximum Gasteiger partial charge on any atom is 0.119 e. The lowest BCUT2D eigenvalue weighted by Gasteiger charge is -2.09. The van der Waals surface area contributed by atoms with Crippen molar-refractivity contribution in [2.75, 3.05) is 7.11 Å². The summed E-state index contributed by atoms with van der Waals surface area (Å²) in [6.45, 7) is 4.02. The summed E-state index contributed by atoms with van der Waals surface area (Å²) in [5, 5.41) is 0. The van der Waals surface area contributed by atoms with Crippen LogP contribution in [0, 0.1) is 0 Å². The summed E-state index contributed by atoms with van der Waals surface area (Å²) < 4.78 is 10.4. The number of hydrogen-bond donors (Lipinski definition) is 0. The van der Waals surface area contributed by atoms with Crippen molar-refractivity contribution in [1.82, 2.24) is 0 Å². The van der Waals surface area contributed by atoms with Crippen LogP contribution >= 0.6 is 12.0 Å². The Morgan fingerprint density at radius 2 is 1.77 bits per heavy atom. The van der Waals surface area contributed by atoms with Crippen molar-refractivity contribution in [2.45, 2.75) is 24.8 Å². The molecule has 0 saturated heterocycles. The average molecular weight is 198 g/mol. The zero-order chi connectivity index (χ0) is 9.68. The van der Waals surface area contributed by atoms with Crippen LogP contribution in [0.2, 0.25) is 0 Å². The van der Waals surface area contributed by atoms with Crippen molar-refractivity contribution in [2.24, 2.45) is 0 Å². The normalized spacial score (nSPS) is 10.5. The lowest BCUT2D eigenvalue weighted by atomic mass is 10.3. The molecule has 0 fully saturated rings. The quantitative estimate of drug-likeness (QED) is 0.692. The number of rotatable bonds is 4. The highest BCUT2D eigenvalue weighted by molar-refractivity contribution is 7.94. The van der Waals surface area contributed by atoms with Gasteiger partial charge in [-0.05, 0) is 38.1 Å². The Labute approximate surface area is 83.5 Å². The molecule has 0 saturated carbocycles. The van der Waals surface area contributed by atoms with Crippen LogP contribution in [0.1, 0.15) is 13.8 Å². The van der Waals surface area contributed by atoms with Crippen molar-refractivity contribution in [3.8, 4) is 5.75 Å². The first-order valence-corrected chi connectivity index (χ1v) is 4.94. The van der Waals surface area contributed by atoms with Gasteiger partial charge in [0.15, 0.2) is 0 Å². The molecule has 0 unspecified atom stereocenters. The predicted molar refractivity (Wildman–Crippen MR) is 55.1 cm³/mol. The van der Waals surface area contributed by atoms with Gasteiger partial charge in [-0.2, -0.15) is 0 Å². The zero-order valence-corrected chi connectivity index (χ0v) is 8.93. The molecule has 0 aliphatic rings. The molecular weight excluding hydrogens is 184 g/mol. The van der Waals surface area contributed by atoms with Gasteiger partial charge in [-0.15, -0.1) is 0 Å². The Balaban J connectivity index is 2.59. The number of hydrogen-bond acceptors (Lipinski definition) is 3. The zero-order valence-electron chi connectivity index (χ0n) is 8.11. The first kappa shape index (κ1) is 10.4. The van der Waals surface area contributed by atoms with Crippen molar-refractivity contribution < 1.29 is 8.92 Å². The lowest BCUT2D eigenvalue weighted by Crippen LogP contribution is -2.04. The third-order valence-corrected chi connectivity index (χ3v) is 2.01. The Morgan fingerprint density at radius 3 is 2.23 bits per heavy atom. The van der Waals surface area contributed by atoms with Gasteiger partial charge < -0.3 is 8.92 Å². The third-order valence-electron chi connectivity index (χ3n) is 1.38. The van der Waals surface area contributed by atoms with Crippen molar-refractivity contribution in [3.05, 3.63) is 24.3 Å². The molecule has 0 aliphatic carbocycles. The molecule has 0 radical (unpaired) electrons. The molecular formula is C10H14O2S. The minimum atomic E-state index is 0.223. The van der Waals surface area contributed by atoms with Crippen LogP contribution in [0.3, 0.4) is 0 Å². The molecule has 0 aromatic heterocycles. The van der Waals surface area contributed by atoms with E-state index in [1.807, 2.05) is 38.1 Å². The molecule has 0 atom stereocenters. The van der Waals surface area contributed by atoms with Gasteiger partial charge >= 0.3 is 0 Å². The molecule has 1 aromatic carbocycles. The van der Waals surface area contributed by atoms with E-state index >= 15 is 0 Å². The first-order valence-electron chi connectivity index (χ1n) is 4.19. The molecule has 1 rings (SSSR count). The van der Waals surface area contributed by atoms with Gasteiger partial charge in [0, 0.05) is 16.9 Å². The molecule has 0 amide bonds. The summed E-state index contributed by atoms with van der Waals surface area (Å²) in [5.74, 6) is 0.899. The van der Waals surface area contributed by atoms with E-state index < -0.39 is 0 Å². The Kier molecular flexibility index (Phi) is 4.12. The van der Waals surface area contributed by atoms with Crippen LogP contribution in [0.15, 0.2) is 29.2 Å². The van der Waals surface area contributed by atoms with E-state index in [2.05, 4.69) is 0 Å². The van der Waals surface area contributed by atoms with Gasteiger partial charge in [-0.25, -0.2) is 0 Å². The van der Waals surface area contributed by atoms with Crippen LogP contribution < -0.4 is 4.74 Å². The smallest absolute Gasteiger partial charge is 0.119 e. The second-order valence-electron chi connectivity index (χ2n) is 2.89. The van der Waals surface area contributed by atoms with E-state index in [0.29, 0.717) is 0 Å². The highest BCUT2D eigenvalue weighted by Gasteiger charge is 1.97. The van der Waals surface area contributed by atoms with E-state index in [1.165, 1.54) is 12.0 Å². The molecule has 0 heterocycles. The number of benzene rings is 1. The van der Waals surface area contributed by atoms with Gasteiger partial charge in [0.2, 0.25) is 0 Å². The summed E-state index contributed by atoms with van der Waals surface area (Å²) in [7, 11) is 1.66. The monoisotopic (exact) mass is 198 g/mol. The van der Waals surface area contributed by atoms with Crippen LogP contribution in [0.5, 0.6) is 5.75 Å². The van der Waals surface area contributed by atoms with Crippen LogP contribution in [0.25, 0.3) is 0 Å². The predicted octanol–water partition coefficient (Wildman–Crippen LogP) is 3.13. The Morgan fingerprint density at radius 1 is 1.15 bits per heavy atom. The highest BCUT2D eigenvalue weighted by Crippen LogP contribution is 2.21. The van der Waals surface area contributed by atoms with Gasteiger partial charge in [0.1, 0.15) is 5.75 Å². The molecule has 0 bridgehead atoms. The van der Waals surface area contributed by atoms with E-state index in [-0.39, 0.29) is 6.10 Å². The van der Waals surface area contributed by atoms with Crippen molar-refractivity contribution >= 4 is 12.0 Å². The van der Waals surface area contributed by atoms with E-state index in [9.17, 15) is 0 Å². The topological polar surface area (TPSA) is 18.5 Å². The van der Waals surface area contributed by atoms with Crippen molar-refractivity contribution in [1.29, 1.82) is 0 Å². The maximum absolute atomic E-state index is 5.50. The molecule has 0 aliphatic heterocycles. The lowest BCUT2D eigenvalue weighted by molar-refractivity contribution is 0.242. The fourth-order valence-corrected chi connectivity index (χ4v) is 1.38. The summed E-state index contributed by atoms with van der Waals surface area (Å²) in [6.07, 6.45) is 0.223. The van der Waals surface area contributed by atoms with E-state index in [1.54, 1.807) is 7.11 Å². The summed E-state index contributed by atoms with van der Waals surface area (Å²) in [4.78, 5) is 1.08. The van der Waals surface area contributed by atoms with E-state index in [4.69, 9.17) is 8.92 Å². The van der Waals surface area contributed by atoms with Gasteiger partial charge in [-0.1, -0.05) is 0 Å². The summed E-state index contributed by atoms with van der Waals surface area (Å²) >= 11 is 1.35. The number of ether oxygens (including phenoxy) is 1. The van der Waals surface area contributed by atoms with Crippen LogP contribution in [-0.4, -0.2) is 13.2 Å². The first-order chi connectivity index (χ1) is 6.22. The second-order valence-corrected chi connectivity index (χ2v) is 3.86. The minimum absolute atomic E-state index is 0.223. The molecule has 2 nitrogen and oxygen atoms in total. The molecule has 13 heavy (non-hydrogen) atoms. The minimum Gasteiger partial charge on any atom is -0.491 e. The highest BCUT2D eigenvalue weighted by atomic mass is 32.2. The summed E-state index contributed by atoms with van der Waals surface area (Å²) in [6, 6.07) is 7.85. The maximum atomic E-state index is 5.50. The Hall–Kier alpha value is -0.670. The average Bonchev–Trinajstić information content (AvgIpc) is 2.08. The fourth-order valence-electron chi connectivity index (χ4n) is 0.942. The fraction of sp³-hybridized carbons (Fsp3) is 0.400. The molecule has 1 aromatic rings. The molecule has 0 N–H and O–H groups in total. The molecule has 0 spiro atoms. The SMILES string of the molecule is COSc1ccc(OC(C)C)cc1.